The van der Waals surface area contributed by atoms with Gasteiger partial charge in [0.2, 0.25) is 0 Å². The number of carbonyl (C=O) groups is 1. The summed E-state index contributed by atoms with van der Waals surface area (Å²) < 4.78 is 0.855. The van der Waals surface area contributed by atoms with Crippen molar-refractivity contribution < 1.29 is 9.90 Å². The van der Waals surface area contributed by atoms with Crippen LogP contribution in [0.1, 0.15) is 13.0 Å². The van der Waals surface area contributed by atoms with Crippen molar-refractivity contribution in [2.75, 3.05) is 0 Å². The Labute approximate surface area is 78.6 Å². The van der Waals surface area contributed by atoms with E-state index < -0.39 is 17.6 Å². The normalized spacial score (nSPS) is 12.5. The van der Waals surface area contributed by atoms with Gasteiger partial charge in [-0.2, -0.15) is 5.10 Å². The molecular formula is C7H7ClN2O3. The Morgan fingerprint density at radius 3 is 2.85 bits per heavy atom. The molecule has 1 rings (SSSR count). The van der Waals surface area contributed by atoms with E-state index in [0.717, 1.165) is 10.7 Å². The van der Waals surface area contributed by atoms with Crippen LogP contribution in [0.4, 0.5) is 0 Å². The molecule has 1 heterocycles. The Morgan fingerprint density at radius 2 is 2.38 bits per heavy atom. The predicted octanol–water partition coefficient (Wildman–Crippen LogP) is 0.542. The number of rotatable bonds is 2. The number of hydrogen-bond acceptors (Lipinski definition) is 3. The van der Waals surface area contributed by atoms with Crippen LogP contribution in [0.2, 0.25) is 5.02 Å². The molecule has 70 valence electrons. The van der Waals surface area contributed by atoms with E-state index >= 15 is 0 Å². The molecule has 5 nitrogen and oxygen atoms in total. The van der Waals surface area contributed by atoms with Crippen LogP contribution >= 0.6 is 11.6 Å². The molecule has 0 amide bonds. The summed E-state index contributed by atoms with van der Waals surface area (Å²) in [6, 6.07) is 0.137. The van der Waals surface area contributed by atoms with E-state index in [0.29, 0.717) is 0 Å². The molecule has 1 N–H and O–H groups in total. The van der Waals surface area contributed by atoms with Crippen LogP contribution in [0, 0.1) is 0 Å². The van der Waals surface area contributed by atoms with E-state index in [9.17, 15) is 9.59 Å². The number of aromatic nitrogens is 2. The third kappa shape index (κ3) is 2.06. The number of halogens is 1. The fourth-order valence-electron chi connectivity index (χ4n) is 0.791. The van der Waals surface area contributed by atoms with E-state index in [2.05, 4.69) is 5.10 Å². The topological polar surface area (TPSA) is 72.2 Å². The zero-order chi connectivity index (χ0) is 10.0. The molecule has 0 bridgehead atoms. The van der Waals surface area contributed by atoms with Crippen LogP contribution < -0.4 is 5.56 Å². The Bertz CT molecular complexity index is 388. The largest absolute Gasteiger partial charge is 0.480 e. The standard InChI is InChI=1S/C7H7ClN2O3/c1-4(7(12)13)10-6(11)2-5(8)3-9-10/h2-4H,1H3,(H,12,13)/t4-/m1/s1. The van der Waals surface area contributed by atoms with Gasteiger partial charge in [0.15, 0.2) is 6.04 Å². The molecule has 0 aliphatic carbocycles. The summed E-state index contributed by atoms with van der Waals surface area (Å²) >= 11 is 5.48. The van der Waals surface area contributed by atoms with Crippen LogP contribution in [0.5, 0.6) is 0 Å². The summed E-state index contributed by atoms with van der Waals surface area (Å²) in [5, 5.41) is 12.4. The first-order chi connectivity index (χ1) is 6.02. The van der Waals surface area contributed by atoms with E-state index in [1.165, 1.54) is 13.1 Å². The molecule has 0 aliphatic heterocycles. The van der Waals surface area contributed by atoms with Gasteiger partial charge < -0.3 is 5.11 Å². The summed E-state index contributed by atoms with van der Waals surface area (Å²) in [5.41, 5.74) is -0.526. The van der Waals surface area contributed by atoms with Crippen molar-refractivity contribution in [1.29, 1.82) is 0 Å². The summed E-state index contributed by atoms with van der Waals surface area (Å²) in [4.78, 5) is 21.6. The number of nitrogens with zero attached hydrogens (tertiary/aromatic N) is 2. The number of carboxylic acid groups (broad SMARTS) is 1. The zero-order valence-electron chi connectivity index (χ0n) is 6.77. The minimum Gasteiger partial charge on any atom is -0.480 e. The van der Waals surface area contributed by atoms with E-state index in [4.69, 9.17) is 16.7 Å². The van der Waals surface area contributed by atoms with Gasteiger partial charge in [-0.1, -0.05) is 11.6 Å². The van der Waals surface area contributed by atoms with Gasteiger partial charge in [-0.05, 0) is 6.92 Å². The molecule has 1 atom stereocenters. The van der Waals surface area contributed by atoms with Crippen molar-refractivity contribution in [3.8, 4) is 0 Å². The summed E-state index contributed by atoms with van der Waals surface area (Å²) in [6.07, 6.45) is 1.22. The maximum atomic E-state index is 11.1. The molecule has 0 unspecified atom stereocenters. The molecule has 0 radical (unpaired) electrons. The van der Waals surface area contributed by atoms with E-state index in [1.807, 2.05) is 0 Å². The molecule has 1 aromatic heterocycles. The lowest BCUT2D eigenvalue weighted by atomic mass is 10.3. The van der Waals surface area contributed by atoms with Crippen molar-refractivity contribution in [3.63, 3.8) is 0 Å². The molecule has 0 aliphatic rings. The highest BCUT2D eigenvalue weighted by atomic mass is 35.5. The van der Waals surface area contributed by atoms with Crippen molar-refractivity contribution in [3.05, 3.63) is 27.6 Å². The second-order valence-corrected chi connectivity index (χ2v) is 2.91. The van der Waals surface area contributed by atoms with Crippen molar-refractivity contribution >= 4 is 17.6 Å². The number of carboxylic acids is 1. The molecule has 1 aromatic rings. The van der Waals surface area contributed by atoms with Gasteiger partial charge in [0.1, 0.15) is 0 Å². The van der Waals surface area contributed by atoms with Gasteiger partial charge in [-0.25, -0.2) is 9.48 Å². The molecule has 13 heavy (non-hydrogen) atoms. The highest BCUT2D eigenvalue weighted by Crippen LogP contribution is 2.03. The first kappa shape index (κ1) is 9.73. The predicted molar refractivity (Wildman–Crippen MR) is 45.9 cm³/mol. The third-order valence-corrected chi connectivity index (χ3v) is 1.72. The minimum absolute atomic E-state index is 0.193. The maximum Gasteiger partial charge on any atom is 0.328 e. The van der Waals surface area contributed by atoms with Crippen LogP contribution in [0.25, 0.3) is 0 Å². The van der Waals surface area contributed by atoms with Gasteiger partial charge >= 0.3 is 5.97 Å². The number of hydrogen-bond donors (Lipinski definition) is 1. The lowest BCUT2D eigenvalue weighted by molar-refractivity contribution is -0.140. The number of aliphatic carboxylic acids is 1. The molecule has 0 fully saturated rings. The molecule has 0 saturated carbocycles. The fourth-order valence-corrected chi connectivity index (χ4v) is 0.928. The Hall–Kier alpha value is -1.36. The average Bonchev–Trinajstić information content (AvgIpc) is 2.03. The molecule has 0 spiro atoms. The molecule has 0 saturated heterocycles. The van der Waals surface area contributed by atoms with Crippen LogP contribution in [0.3, 0.4) is 0 Å². The first-order valence-electron chi connectivity index (χ1n) is 3.49. The lowest BCUT2D eigenvalue weighted by Gasteiger charge is -2.07. The Kier molecular flexibility index (Phi) is 2.67. The highest BCUT2D eigenvalue weighted by Gasteiger charge is 2.15. The summed E-state index contributed by atoms with van der Waals surface area (Å²) in [5.74, 6) is -1.11. The van der Waals surface area contributed by atoms with E-state index in [1.54, 1.807) is 0 Å². The molecular weight excluding hydrogens is 196 g/mol. The third-order valence-electron chi connectivity index (χ3n) is 1.52. The van der Waals surface area contributed by atoms with Crippen LogP contribution in [-0.2, 0) is 4.79 Å². The summed E-state index contributed by atoms with van der Waals surface area (Å²) in [7, 11) is 0. The monoisotopic (exact) mass is 202 g/mol. The smallest absolute Gasteiger partial charge is 0.328 e. The second-order valence-electron chi connectivity index (χ2n) is 2.47. The average molecular weight is 203 g/mol. The zero-order valence-corrected chi connectivity index (χ0v) is 7.52. The Balaban J connectivity index is 3.16. The van der Waals surface area contributed by atoms with Gasteiger partial charge in [0.05, 0.1) is 11.2 Å². The van der Waals surface area contributed by atoms with Gasteiger partial charge in [-0.3, -0.25) is 4.79 Å². The van der Waals surface area contributed by atoms with Crippen molar-refractivity contribution in [1.82, 2.24) is 9.78 Å². The van der Waals surface area contributed by atoms with Crippen molar-refractivity contribution in [2.24, 2.45) is 0 Å². The van der Waals surface area contributed by atoms with Crippen molar-refractivity contribution in [2.45, 2.75) is 13.0 Å². The maximum absolute atomic E-state index is 11.1. The minimum atomic E-state index is -1.11. The van der Waals surface area contributed by atoms with Gasteiger partial charge in [-0.15, -0.1) is 0 Å². The van der Waals surface area contributed by atoms with E-state index in [-0.39, 0.29) is 5.02 Å². The van der Waals surface area contributed by atoms with Crippen LogP contribution in [-0.4, -0.2) is 20.9 Å². The van der Waals surface area contributed by atoms with Crippen LogP contribution in [0.15, 0.2) is 17.1 Å². The quantitative estimate of drug-likeness (QED) is 0.760. The highest BCUT2D eigenvalue weighted by molar-refractivity contribution is 6.30. The molecule has 0 aromatic carbocycles. The fraction of sp³-hybridized carbons (Fsp3) is 0.286. The molecule has 6 heteroatoms. The van der Waals surface area contributed by atoms with Gasteiger partial charge in [0.25, 0.3) is 5.56 Å². The second kappa shape index (κ2) is 3.57. The first-order valence-corrected chi connectivity index (χ1v) is 3.87. The summed E-state index contributed by atoms with van der Waals surface area (Å²) in [6.45, 7) is 1.37. The lowest BCUT2D eigenvalue weighted by Crippen LogP contribution is -2.29. The SMILES string of the molecule is C[C@H](C(=O)O)n1ncc(Cl)cc1=O. The van der Waals surface area contributed by atoms with Gasteiger partial charge in [0, 0.05) is 6.07 Å². The Morgan fingerprint density at radius 1 is 1.77 bits per heavy atom.